The highest BCUT2D eigenvalue weighted by Gasteiger charge is 2.01. The van der Waals surface area contributed by atoms with Gasteiger partial charge in [-0.2, -0.15) is 0 Å². The van der Waals surface area contributed by atoms with Gasteiger partial charge in [-0.05, 0) is 42.0 Å². The predicted molar refractivity (Wildman–Crippen MR) is 75.5 cm³/mol. The Labute approximate surface area is 121 Å². The first-order valence-electron chi connectivity index (χ1n) is 6.02. The zero-order valence-corrected chi connectivity index (χ0v) is 11.4. The Bertz CT molecular complexity index is 569. The van der Waals surface area contributed by atoms with E-state index in [-0.39, 0.29) is 17.6 Å². The van der Waals surface area contributed by atoms with Crippen molar-refractivity contribution in [1.29, 1.82) is 0 Å². The monoisotopic (exact) mass is 293 g/mol. The first kappa shape index (κ1) is 14.3. The minimum absolute atomic E-state index is 0.0498. The number of amides is 1. The number of hydrogen-bond acceptors (Lipinski definition) is 2. The molecule has 0 unspecified atom stereocenters. The molecule has 3 nitrogen and oxygen atoms in total. The topological polar surface area (TPSA) is 38.3 Å². The second kappa shape index (κ2) is 6.91. The summed E-state index contributed by atoms with van der Waals surface area (Å²) in [5.74, 6) is 0.644. The first-order chi connectivity index (χ1) is 9.67. The fourth-order valence-electron chi connectivity index (χ4n) is 1.56. The summed E-state index contributed by atoms with van der Waals surface area (Å²) in [5.41, 5.74) is 0.940. The lowest BCUT2D eigenvalue weighted by Gasteiger charge is -2.07. The van der Waals surface area contributed by atoms with Crippen LogP contribution in [0, 0.1) is 5.82 Å². The summed E-state index contributed by atoms with van der Waals surface area (Å²) in [4.78, 5) is 11.0. The number of carbonyl (C=O) groups excluding carboxylic acids is 1. The highest BCUT2D eigenvalue weighted by Crippen LogP contribution is 2.21. The summed E-state index contributed by atoms with van der Waals surface area (Å²) in [6.07, 6.45) is 0. The van der Waals surface area contributed by atoms with Crippen molar-refractivity contribution in [2.75, 3.05) is 5.88 Å². The van der Waals surface area contributed by atoms with Gasteiger partial charge >= 0.3 is 0 Å². The Balaban J connectivity index is 1.94. The Morgan fingerprint density at radius 1 is 1.05 bits per heavy atom. The molecular weight excluding hydrogens is 281 g/mol. The van der Waals surface area contributed by atoms with E-state index in [1.165, 1.54) is 12.1 Å². The Morgan fingerprint density at radius 2 is 1.60 bits per heavy atom. The highest BCUT2D eigenvalue weighted by molar-refractivity contribution is 6.27. The van der Waals surface area contributed by atoms with E-state index in [0.29, 0.717) is 18.0 Å². The fraction of sp³-hybridized carbons (Fsp3) is 0.133. The summed E-state index contributed by atoms with van der Waals surface area (Å²) < 4.78 is 18.3. The summed E-state index contributed by atoms with van der Waals surface area (Å²) in [7, 11) is 0. The molecule has 2 aromatic rings. The molecule has 1 amide bonds. The van der Waals surface area contributed by atoms with Gasteiger partial charge in [-0.15, -0.1) is 11.6 Å². The van der Waals surface area contributed by atoms with Gasteiger partial charge in [-0.3, -0.25) is 4.79 Å². The van der Waals surface area contributed by atoms with Crippen LogP contribution in [0.15, 0.2) is 48.5 Å². The molecule has 2 rings (SSSR count). The summed E-state index contributed by atoms with van der Waals surface area (Å²) in [6.45, 7) is 0.419. The highest BCUT2D eigenvalue weighted by atomic mass is 35.5. The molecule has 0 spiro atoms. The molecule has 0 saturated carbocycles. The molecule has 0 aliphatic rings. The molecule has 1 N–H and O–H groups in total. The molecule has 0 bridgehead atoms. The third kappa shape index (κ3) is 4.24. The minimum Gasteiger partial charge on any atom is -0.457 e. The SMILES string of the molecule is O=C(CCl)NCc1ccc(Oc2ccc(F)cc2)cc1. The van der Waals surface area contributed by atoms with Gasteiger partial charge in [0.05, 0.1) is 0 Å². The second-order valence-corrected chi connectivity index (χ2v) is 4.38. The molecule has 0 heterocycles. The lowest BCUT2D eigenvalue weighted by molar-refractivity contribution is -0.118. The molecular formula is C15H13ClFNO2. The van der Waals surface area contributed by atoms with Crippen LogP contribution in [0.5, 0.6) is 11.5 Å². The van der Waals surface area contributed by atoms with Gasteiger partial charge in [-0.25, -0.2) is 4.39 Å². The molecule has 0 radical (unpaired) electrons. The predicted octanol–water partition coefficient (Wildman–Crippen LogP) is 3.47. The average Bonchev–Trinajstić information content (AvgIpc) is 2.48. The normalized spacial score (nSPS) is 10.1. The van der Waals surface area contributed by atoms with Crippen LogP contribution in [-0.4, -0.2) is 11.8 Å². The number of carbonyl (C=O) groups is 1. The number of halogens is 2. The molecule has 0 saturated heterocycles. The average molecular weight is 294 g/mol. The zero-order valence-electron chi connectivity index (χ0n) is 10.6. The third-order valence-corrected chi connectivity index (χ3v) is 2.83. The number of ether oxygens (including phenoxy) is 1. The van der Waals surface area contributed by atoms with Crippen molar-refractivity contribution in [2.45, 2.75) is 6.54 Å². The second-order valence-electron chi connectivity index (χ2n) is 4.11. The lowest BCUT2D eigenvalue weighted by Crippen LogP contribution is -2.23. The molecule has 0 aromatic heterocycles. The summed E-state index contributed by atoms with van der Waals surface area (Å²) in [5, 5.41) is 2.67. The Hall–Kier alpha value is -2.07. The number of rotatable bonds is 5. The van der Waals surface area contributed by atoms with Crippen molar-refractivity contribution in [2.24, 2.45) is 0 Å². The van der Waals surface area contributed by atoms with Crippen molar-refractivity contribution >= 4 is 17.5 Å². The van der Waals surface area contributed by atoms with Gasteiger partial charge < -0.3 is 10.1 Å². The largest absolute Gasteiger partial charge is 0.457 e. The first-order valence-corrected chi connectivity index (χ1v) is 6.56. The summed E-state index contributed by atoms with van der Waals surface area (Å²) >= 11 is 5.39. The van der Waals surface area contributed by atoms with Gasteiger partial charge in [0, 0.05) is 6.54 Å². The van der Waals surface area contributed by atoms with E-state index in [9.17, 15) is 9.18 Å². The van der Waals surface area contributed by atoms with E-state index in [2.05, 4.69) is 5.32 Å². The standard InChI is InChI=1S/C15H13ClFNO2/c16-9-15(19)18-10-11-1-5-13(6-2-11)20-14-7-3-12(17)4-8-14/h1-8H,9-10H2,(H,18,19). The van der Waals surface area contributed by atoms with Crippen molar-refractivity contribution in [1.82, 2.24) is 5.32 Å². The molecule has 0 fully saturated rings. The van der Waals surface area contributed by atoms with Crippen LogP contribution in [0.3, 0.4) is 0 Å². The van der Waals surface area contributed by atoms with Crippen LogP contribution in [-0.2, 0) is 11.3 Å². The quantitative estimate of drug-likeness (QED) is 0.857. The van der Waals surface area contributed by atoms with Crippen LogP contribution in [0.4, 0.5) is 4.39 Å². The van der Waals surface area contributed by atoms with Crippen LogP contribution in [0.2, 0.25) is 0 Å². The molecule has 0 aliphatic carbocycles. The van der Waals surface area contributed by atoms with Gasteiger partial charge in [0.15, 0.2) is 0 Å². The molecule has 0 atom stereocenters. The van der Waals surface area contributed by atoms with E-state index >= 15 is 0 Å². The maximum atomic E-state index is 12.8. The zero-order chi connectivity index (χ0) is 14.4. The van der Waals surface area contributed by atoms with E-state index in [4.69, 9.17) is 16.3 Å². The van der Waals surface area contributed by atoms with E-state index in [0.717, 1.165) is 5.56 Å². The molecule has 2 aromatic carbocycles. The third-order valence-electron chi connectivity index (χ3n) is 2.58. The van der Waals surface area contributed by atoms with Crippen molar-refractivity contribution in [3.05, 3.63) is 59.9 Å². The Morgan fingerprint density at radius 3 is 2.15 bits per heavy atom. The number of hydrogen-bond donors (Lipinski definition) is 1. The molecule has 20 heavy (non-hydrogen) atoms. The van der Waals surface area contributed by atoms with Gasteiger partial charge in [0.2, 0.25) is 5.91 Å². The fourth-order valence-corrected chi connectivity index (χ4v) is 1.66. The van der Waals surface area contributed by atoms with Crippen LogP contribution in [0.25, 0.3) is 0 Å². The van der Waals surface area contributed by atoms with E-state index in [1.807, 2.05) is 12.1 Å². The van der Waals surface area contributed by atoms with Crippen molar-refractivity contribution < 1.29 is 13.9 Å². The Kier molecular flexibility index (Phi) is 4.96. The van der Waals surface area contributed by atoms with E-state index < -0.39 is 0 Å². The molecule has 5 heteroatoms. The number of alkyl halides is 1. The van der Waals surface area contributed by atoms with E-state index in [1.54, 1.807) is 24.3 Å². The molecule has 104 valence electrons. The lowest BCUT2D eigenvalue weighted by atomic mass is 10.2. The number of benzene rings is 2. The van der Waals surface area contributed by atoms with Gasteiger partial charge in [0.25, 0.3) is 0 Å². The van der Waals surface area contributed by atoms with Crippen LogP contribution in [0.1, 0.15) is 5.56 Å². The van der Waals surface area contributed by atoms with Gasteiger partial charge in [0.1, 0.15) is 23.2 Å². The van der Waals surface area contributed by atoms with Crippen LogP contribution >= 0.6 is 11.6 Å². The van der Waals surface area contributed by atoms with Crippen molar-refractivity contribution in [3.8, 4) is 11.5 Å². The van der Waals surface area contributed by atoms with Crippen LogP contribution < -0.4 is 10.1 Å². The number of nitrogens with one attached hydrogen (secondary N) is 1. The minimum atomic E-state index is -0.303. The summed E-state index contributed by atoms with van der Waals surface area (Å²) in [6, 6.07) is 13.0. The van der Waals surface area contributed by atoms with Gasteiger partial charge in [-0.1, -0.05) is 12.1 Å². The molecule has 0 aliphatic heterocycles. The maximum absolute atomic E-state index is 12.8. The smallest absolute Gasteiger partial charge is 0.235 e. The maximum Gasteiger partial charge on any atom is 0.235 e. The van der Waals surface area contributed by atoms with Crippen molar-refractivity contribution in [3.63, 3.8) is 0 Å².